The number of hydrogen-bond acceptors (Lipinski definition) is 4. The highest BCUT2D eigenvalue weighted by molar-refractivity contribution is 5.59. The predicted molar refractivity (Wildman–Crippen MR) is 76.4 cm³/mol. The summed E-state index contributed by atoms with van der Waals surface area (Å²) in [5, 5.41) is 3.19. The Morgan fingerprint density at radius 2 is 2.11 bits per heavy atom. The van der Waals surface area contributed by atoms with Gasteiger partial charge in [-0.1, -0.05) is 13.8 Å². The molecule has 18 heavy (non-hydrogen) atoms. The van der Waals surface area contributed by atoms with Gasteiger partial charge >= 0.3 is 0 Å². The van der Waals surface area contributed by atoms with E-state index in [1.54, 1.807) is 0 Å². The first-order valence-electron chi connectivity index (χ1n) is 7.03. The van der Waals surface area contributed by atoms with Gasteiger partial charge in [0.05, 0.1) is 0 Å². The fraction of sp³-hybridized carbons (Fsp3) is 0.714. The zero-order chi connectivity index (χ0) is 13.1. The molecule has 1 unspecified atom stereocenters. The molecule has 1 saturated heterocycles. The molecule has 0 radical (unpaired) electrons. The van der Waals surface area contributed by atoms with Gasteiger partial charge < -0.3 is 10.2 Å². The number of aryl methyl sites for hydroxylation is 1. The molecule has 4 heteroatoms. The van der Waals surface area contributed by atoms with E-state index in [0.29, 0.717) is 6.04 Å². The van der Waals surface area contributed by atoms with E-state index in [0.717, 1.165) is 30.4 Å². The fourth-order valence-electron chi connectivity index (χ4n) is 2.77. The van der Waals surface area contributed by atoms with Crippen LogP contribution >= 0.6 is 0 Å². The highest BCUT2D eigenvalue weighted by Gasteiger charge is 2.26. The Morgan fingerprint density at radius 3 is 2.72 bits per heavy atom. The molecule has 1 fully saturated rings. The molecule has 4 nitrogen and oxygen atoms in total. The lowest BCUT2D eigenvalue weighted by Gasteiger charge is -2.27. The summed E-state index contributed by atoms with van der Waals surface area (Å²) in [5.41, 5.74) is 1.18. The van der Waals surface area contributed by atoms with E-state index in [2.05, 4.69) is 36.0 Å². The number of aromatic nitrogens is 2. The Bertz CT molecular complexity index is 417. The van der Waals surface area contributed by atoms with Crippen LogP contribution in [0.25, 0.3) is 0 Å². The van der Waals surface area contributed by atoms with E-state index in [-0.39, 0.29) is 0 Å². The van der Waals surface area contributed by atoms with Crippen molar-refractivity contribution in [1.82, 2.24) is 9.97 Å². The summed E-state index contributed by atoms with van der Waals surface area (Å²) in [7, 11) is 1.93. The summed E-state index contributed by atoms with van der Waals surface area (Å²) >= 11 is 0. The summed E-state index contributed by atoms with van der Waals surface area (Å²) < 4.78 is 0. The van der Waals surface area contributed by atoms with Gasteiger partial charge in [0.15, 0.2) is 0 Å². The average molecular weight is 248 g/mol. The van der Waals surface area contributed by atoms with Crippen molar-refractivity contribution in [3.63, 3.8) is 0 Å². The van der Waals surface area contributed by atoms with Crippen molar-refractivity contribution in [1.29, 1.82) is 0 Å². The molecule has 0 aliphatic carbocycles. The quantitative estimate of drug-likeness (QED) is 0.889. The molecule has 1 aliphatic rings. The summed E-state index contributed by atoms with van der Waals surface area (Å²) in [4.78, 5) is 11.8. The fourth-order valence-corrected chi connectivity index (χ4v) is 2.77. The van der Waals surface area contributed by atoms with Crippen LogP contribution < -0.4 is 10.2 Å². The van der Waals surface area contributed by atoms with Gasteiger partial charge in [0.1, 0.15) is 17.5 Å². The average Bonchev–Trinajstić information content (AvgIpc) is 2.87. The van der Waals surface area contributed by atoms with Crippen molar-refractivity contribution in [3.8, 4) is 0 Å². The van der Waals surface area contributed by atoms with E-state index in [1.807, 2.05) is 7.05 Å². The Hall–Kier alpha value is -1.32. The highest BCUT2D eigenvalue weighted by atomic mass is 15.2. The van der Waals surface area contributed by atoms with Crippen LogP contribution in [0.3, 0.4) is 0 Å². The first-order valence-corrected chi connectivity index (χ1v) is 7.03. The third-order valence-electron chi connectivity index (χ3n) is 3.84. The largest absolute Gasteiger partial charge is 0.373 e. The molecule has 1 aromatic heterocycles. The lowest BCUT2D eigenvalue weighted by molar-refractivity contribution is 0.637. The van der Waals surface area contributed by atoms with Crippen molar-refractivity contribution in [2.75, 3.05) is 23.8 Å². The minimum atomic E-state index is 0.646. The Kier molecular flexibility index (Phi) is 4.04. The topological polar surface area (TPSA) is 41.1 Å². The first kappa shape index (κ1) is 13.1. The molecule has 1 N–H and O–H groups in total. The molecule has 0 spiro atoms. The van der Waals surface area contributed by atoms with E-state index in [9.17, 15) is 0 Å². The van der Waals surface area contributed by atoms with Crippen molar-refractivity contribution in [2.45, 2.75) is 52.5 Å². The van der Waals surface area contributed by atoms with Gasteiger partial charge in [0.2, 0.25) is 0 Å². The minimum Gasteiger partial charge on any atom is -0.373 e. The normalized spacial score (nSPS) is 19.3. The van der Waals surface area contributed by atoms with Gasteiger partial charge in [-0.3, -0.25) is 0 Å². The number of rotatable bonds is 4. The zero-order valence-electron chi connectivity index (χ0n) is 12.0. The van der Waals surface area contributed by atoms with Crippen LogP contribution in [0, 0.1) is 6.92 Å². The van der Waals surface area contributed by atoms with Crippen molar-refractivity contribution in [3.05, 3.63) is 11.4 Å². The number of hydrogen-bond donors (Lipinski definition) is 1. The van der Waals surface area contributed by atoms with E-state index < -0.39 is 0 Å². The third-order valence-corrected chi connectivity index (χ3v) is 3.84. The molecule has 1 aromatic rings. The minimum absolute atomic E-state index is 0.646. The molecule has 100 valence electrons. The number of nitrogens with zero attached hydrogens (tertiary/aromatic N) is 3. The van der Waals surface area contributed by atoms with Gasteiger partial charge in [0, 0.05) is 31.6 Å². The molecule has 1 atom stereocenters. The Balaban J connectivity index is 2.42. The standard InChI is InChI=1S/C14H24N4/c1-5-11-8-7-9-18(11)14-10(3)13(15-4)16-12(6-2)17-14/h11H,5-9H2,1-4H3,(H,15,16,17). The predicted octanol–water partition coefficient (Wildman–Crippen LogP) is 2.77. The van der Waals surface area contributed by atoms with Crippen LogP contribution in [0.1, 0.15) is 44.5 Å². The number of nitrogens with one attached hydrogen (secondary N) is 1. The monoisotopic (exact) mass is 248 g/mol. The molecule has 0 aromatic carbocycles. The Morgan fingerprint density at radius 1 is 1.33 bits per heavy atom. The van der Waals surface area contributed by atoms with Crippen molar-refractivity contribution >= 4 is 11.6 Å². The summed E-state index contributed by atoms with van der Waals surface area (Å²) in [6, 6.07) is 0.646. The molecular formula is C14H24N4. The smallest absolute Gasteiger partial charge is 0.137 e. The second kappa shape index (κ2) is 5.55. The third kappa shape index (κ3) is 2.28. The molecule has 1 aliphatic heterocycles. The van der Waals surface area contributed by atoms with Gasteiger partial charge in [-0.15, -0.1) is 0 Å². The SMILES string of the molecule is CCc1nc(NC)c(C)c(N2CCCC2CC)n1. The van der Waals surface area contributed by atoms with Crippen LogP contribution in [0.15, 0.2) is 0 Å². The molecule has 2 heterocycles. The lowest BCUT2D eigenvalue weighted by Crippen LogP contribution is -2.30. The van der Waals surface area contributed by atoms with Crippen LogP contribution in [0.5, 0.6) is 0 Å². The van der Waals surface area contributed by atoms with Crippen molar-refractivity contribution < 1.29 is 0 Å². The van der Waals surface area contributed by atoms with Gasteiger partial charge in [0.25, 0.3) is 0 Å². The van der Waals surface area contributed by atoms with Gasteiger partial charge in [-0.05, 0) is 26.2 Å². The molecule has 0 saturated carbocycles. The zero-order valence-corrected chi connectivity index (χ0v) is 12.0. The van der Waals surface area contributed by atoms with Crippen molar-refractivity contribution in [2.24, 2.45) is 0 Å². The number of anilines is 2. The summed E-state index contributed by atoms with van der Waals surface area (Å²) in [5.74, 6) is 3.04. The molecule has 0 amide bonds. The molecule has 2 rings (SSSR count). The maximum atomic E-state index is 4.75. The second-order valence-corrected chi connectivity index (χ2v) is 4.94. The van der Waals surface area contributed by atoms with Crippen LogP contribution in [0.4, 0.5) is 11.6 Å². The molecular weight excluding hydrogens is 224 g/mol. The molecule has 0 bridgehead atoms. The highest BCUT2D eigenvalue weighted by Crippen LogP contribution is 2.30. The van der Waals surface area contributed by atoms with E-state index >= 15 is 0 Å². The maximum absolute atomic E-state index is 4.75. The first-order chi connectivity index (χ1) is 8.71. The second-order valence-electron chi connectivity index (χ2n) is 4.94. The van der Waals surface area contributed by atoms with E-state index in [4.69, 9.17) is 4.98 Å². The van der Waals surface area contributed by atoms with Crippen LogP contribution in [-0.2, 0) is 6.42 Å². The van der Waals surface area contributed by atoms with Crippen LogP contribution in [0.2, 0.25) is 0 Å². The summed E-state index contributed by atoms with van der Waals surface area (Å²) in [6.45, 7) is 7.61. The lowest BCUT2D eigenvalue weighted by atomic mass is 10.1. The Labute approximate surface area is 110 Å². The van der Waals surface area contributed by atoms with E-state index in [1.165, 1.54) is 24.8 Å². The van der Waals surface area contributed by atoms with Gasteiger partial charge in [-0.2, -0.15) is 0 Å². The van der Waals surface area contributed by atoms with Gasteiger partial charge in [-0.25, -0.2) is 9.97 Å². The maximum Gasteiger partial charge on any atom is 0.137 e. The summed E-state index contributed by atoms with van der Waals surface area (Å²) in [6.07, 6.45) is 4.64. The van der Waals surface area contributed by atoms with Crippen LogP contribution in [-0.4, -0.2) is 29.6 Å².